The Morgan fingerprint density at radius 2 is 2.17 bits per heavy atom. The van der Waals surface area contributed by atoms with Gasteiger partial charge >= 0.3 is 0 Å². The number of rotatable bonds is 5. The number of benzene rings is 1. The third-order valence-corrected chi connectivity index (χ3v) is 5.17. The number of nitrogens with zero attached hydrogens (tertiary/aromatic N) is 6. The van der Waals surface area contributed by atoms with Crippen LogP contribution in [0.15, 0.2) is 30.6 Å². The van der Waals surface area contributed by atoms with Gasteiger partial charge in [-0.1, -0.05) is 6.07 Å². The molecule has 1 amide bonds. The SMILES string of the molecule is CC(C)n1nc(Nc2ccc(-c3cnn(C)c3)c(C#N)c2)c2c1CCN(C=O)C2. The molecule has 1 aliphatic rings. The molecule has 0 atom stereocenters. The van der Waals surface area contributed by atoms with E-state index in [0.717, 1.165) is 46.7 Å². The average Bonchev–Trinajstić information content (AvgIpc) is 3.31. The minimum atomic E-state index is 0.227. The van der Waals surface area contributed by atoms with Gasteiger partial charge in [0.05, 0.1) is 24.4 Å². The molecule has 0 unspecified atom stereocenters. The molecule has 0 spiro atoms. The van der Waals surface area contributed by atoms with E-state index in [1.807, 2.05) is 36.1 Å². The van der Waals surface area contributed by atoms with E-state index < -0.39 is 0 Å². The van der Waals surface area contributed by atoms with Crippen LogP contribution in [-0.4, -0.2) is 37.4 Å². The first-order valence-corrected chi connectivity index (χ1v) is 9.60. The fourth-order valence-electron chi connectivity index (χ4n) is 3.75. The summed E-state index contributed by atoms with van der Waals surface area (Å²) in [5.74, 6) is 0.735. The predicted octanol–water partition coefficient (Wildman–Crippen LogP) is 2.99. The third-order valence-electron chi connectivity index (χ3n) is 5.17. The second kappa shape index (κ2) is 7.43. The molecular weight excluding hydrogens is 366 g/mol. The summed E-state index contributed by atoms with van der Waals surface area (Å²) in [5.41, 5.74) is 5.29. The first-order chi connectivity index (χ1) is 14.0. The number of nitriles is 1. The summed E-state index contributed by atoms with van der Waals surface area (Å²) in [5, 5.41) is 22.0. The summed E-state index contributed by atoms with van der Waals surface area (Å²) in [4.78, 5) is 13.0. The van der Waals surface area contributed by atoms with Crippen LogP contribution < -0.4 is 5.32 Å². The van der Waals surface area contributed by atoms with Crippen molar-refractivity contribution in [3.8, 4) is 17.2 Å². The van der Waals surface area contributed by atoms with E-state index in [2.05, 4.69) is 30.3 Å². The summed E-state index contributed by atoms with van der Waals surface area (Å²) in [6, 6.07) is 8.18. The summed E-state index contributed by atoms with van der Waals surface area (Å²) in [7, 11) is 1.85. The maximum atomic E-state index is 11.3. The lowest BCUT2D eigenvalue weighted by Crippen LogP contribution is -2.30. The summed E-state index contributed by atoms with van der Waals surface area (Å²) in [6.45, 7) is 5.43. The molecular formula is C21H23N7O. The molecule has 0 radical (unpaired) electrons. The zero-order valence-electron chi connectivity index (χ0n) is 16.8. The zero-order valence-corrected chi connectivity index (χ0v) is 16.8. The van der Waals surface area contributed by atoms with Crippen molar-refractivity contribution in [3.63, 3.8) is 0 Å². The van der Waals surface area contributed by atoms with E-state index >= 15 is 0 Å². The number of fused-ring (bicyclic) bond motifs is 1. The zero-order chi connectivity index (χ0) is 20.5. The van der Waals surface area contributed by atoms with Gasteiger partial charge in [-0.25, -0.2) is 0 Å². The van der Waals surface area contributed by atoms with Crippen LogP contribution in [-0.2, 0) is 24.8 Å². The van der Waals surface area contributed by atoms with Gasteiger partial charge in [0.2, 0.25) is 6.41 Å². The lowest BCUT2D eigenvalue weighted by atomic mass is 10.0. The minimum absolute atomic E-state index is 0.227. The van der Waals surface area contributed by atoms with Crippen molar-refractivity contribution in [2.45, 2.75) is 32.9 Å². The topological polar surface area (TPSA) is 91.8 Å². The van der Waals surface area contributed by atoms with Gasteiger partial charge in [0, 0.05) is 60.3 Å². The van der Waals surface area contributed by atoms with Crippen LogP contribution in [0, 0.1) is 11.3 Å². The van der Waals surface area contributed by atoms with Crippen LogP contribution in [0.5, 0.6) is 0 Å². The predicted molar refractivity (Wildman–Crippen MR) is 109 cm³/mol. The highest BCUT2D eigenvalue weighted by Crippen LogP contribution is 2.32. The molecule has 0 fully saturated rings. The van der Waals surface area contributed by atoms with Crippen molar-refractivity contribution in [3.05, 3.63) is 47.4 Å². The second-order valence-corrected chi connectivity index (χ2v) is 7.54. The lowest BCUT2D eigenvalue weighted by Gasteiger charge is -2.24. The normalized spacial score (nSPS) is 13.3. The average molecular weight is 389 g/mol. The van der Waals surface area contributed by atoms with Crippen LogP contribution in [0.3, 0.4) is 0 Å². The number of anilines is 2. The van der Waals surface area contributed by atoms with Crippen LogP contribution >= 0.6 is 0 Å². The van der Waals surface area contributed by atoms with Gasteiger partial charge in [-0.05, 0) is 26.0 Å². The molecule has 8 nitrogen and oxygen atoms in total. The van der Waals surface area contributed by atoms with Gasteiger partial charge in [-0.15, -0.1) is 0 Å². The molecule has 3 aromatic rings. The Hall–Kier alpha value is -3.60. The van der Waals surface area contributed by atoms with Crippen LogP contribution in [0.4, 0.5) is 11.5 Å². The number of carbonyl (C=O) groups excluding carboxylic acids is 1. The van der Waals surface area contributed by atoms with E-state index in [-0.39, 0.29) is 6.04 Å². The van der Waals surface area contributed by atoms with E-state index in [1.165, 1.54) is 0 Å². The molecule has 0 saturated carbocycles. The molecule has 0 bridgehead atoms. The van der Waals surface area contributed by atoms with Gasteiger partial charge in [-0.2, -0.15) is 15.5 Å². The highest BCUT2D eigenvalue weighted by Gasteiger charge is 2.25. The fourth-order valence-corrected chi connectivity index (χ4v) is 3.75. The third kappa shape index (κ3) is 3.47. The first-order valence-electron chi connectivity index (χ1n) is 9.60. The molecule has 1 aromatic carbocycles. The molecule has 2 aromatic heterocycles. The summed E-state index contributed by atoms with van der Waals surface area (Å²) >= 11 is 0. The van der Waals surface area contributed by atoms with Crippen molar-refractivity contribution in [1.82, 2.24) is 24.5 Å². The molecule has 0 saturated heterocycles. The van der Waals surface area contributed by atoms with Crippen LogP contribution in [0.1, 0.15) is 36.7 Å². The van der Waals surface area contributed by atoms with E-state index in [9.17, 15) is 10.1 Å². The van der Waals surface area contributed by atoms with Gasteiger partial charge in [0.15, 0.2) is 5.82 Å². The smallest absolute Gasteiger partial charge is 0.210 e. The van der Waals surface area contributed by atoms with Gasteiger partial charge in [-0.3, -0.25) is 14.2 Å². The van der Waals surface area contributed by atoms with Gasteiger partial charge in [0.1, 0.15) is 0 Å². The molecule has 1 N–H and O–H groups in total. The van der Waals surface area contributed by atoms with Gasteiger partial charge < -0.3 is 10.2 Å². The van der Waals surface area contributed by atoms with Crippen molar-refractivity contribution in [1.29, 1.82) is 5.26 Å². The highest BCUT2D eigenvalue weighted by atomic mass is 16.1. The number of hydrogen-bond acceptors (Lipinski definition) is 5. The molecule has 1 aliphatic heterocycles. The maximum absolute atomic E-state index is 11.3. The lowest BCUT2D eigenvalue weighted by molar-refractivity contribution is -0.118. The van der Waals surface area contributed by atoms with Crippen LogP contribution in [0.25, 0.3) is 11.1 Å². The second-order valence-electron chi connectivity index (χ2n) is 7.54. The van der Waals surface area contributed by atoms with Crippen molar-refractivity contribution < 1.29 is 4.79 Å². The Kier molecular flexibility index (Phi) is 4.80. The Balaban J connectivity index is 1.69. The molecule has 4 rings (SSSR count). The molecule has 3 heterocycles. The molecule has 29 heavy (non-hydrogen) atoms. The molecule has 8 heteroatoms. The quantitative estimate of drug-likeness (QED) is 0.677. The van der Waals surface area contributed by atoms with Gasteiger partial charge in [0.25, 0.3) is 0 Å². The number of aryl methyl sites for hydroxylation is 1. The Morgan fingerprint density at radius 3 is 2.83 bits per heavy atom. The fraction of sp³-hybridized carbons (Fsp3) is 0.333. The highest BCUT2D eigenvalue weighted by molar-refractivity contribution is 5.74. The standard InChI is InChI=1S/C21H23N7O/c1-14(2)28-20-6-7-27(13-29)12-19(20)21(25-28)24-17-4-5-18(15(8-17)9-22)16-10-23-26(3)11-16/h4-5,8,10-11,13-14H,6-7,12H2,1-3H3,(H,24,25). The Morgan fingerprint density at radius 1 is 1.34 bits per heavy atom. The molecule has 148 valence electrons. The van der Waals surface area contributed by atoms with E-state index in [4.69, 9.17) is 5.10 Å². The maximum Gasteiger partial charge on any atom is 0.210 e. The molecule has 0 aliphatic carbocycles. The van der Waals surface area contributed by atoms with Crippen LogP contribution in [0.2, 0.25) is 0 Å². The monoisotopic (exact) mass is 389 g/mol. The first kappa shape index (κ1) is 18.7. The number of nitrogens with one attached hydrogen (secondary N) is 1. The largest absolute Gasteiger partial charge is 0.340 e. The van der Waals surface area contributed by atoms with Crippen molar-refractivity contribution >= 4 is 17.9 Å². The van der Waals surface area contributed by atoms with E-state index in [0.29, 0.717) is 18.7 Å². The minimum Gasteiger partial charge on any atom is -0.340 e. The van der Waals surface area contributed by atoms with E-state index in [1.54, 1.807) is 15.8 Å². The van der Waals surface area contributed by atoms with Crippen molar-refractivity contribution in [2.75, 3.05) is 11.9 Å². The Labute approximate surface area is 169 Å². The number of carbonyl (C=O) groups is 1. The Bertz CT molecular complexity index is 1100. The number of amides is 1. The number of aromatic nitrogens is 4. The number of hydrogen-bond donors (Lipinski definition) is 1. The summed E-state index contributed by atoms with van der Waals surface area (Å²) in [6.07, 6.45) is 5.30. The summed E-state index contributed by atoms with van der Waals surface area (Å²) < 4.78 is 3.74. The van der Waals surface area contributed by atoms with Crippen molar-refractivity contribution in [2.24, 2.45) is 7.05 Å².